The van der Waals surface area contributed by atoms with Gasteiger partial charge in [0.05, 0.1) is 5.25 Å². The molecule has 0 aliphatic carbocycles. The van der Waals surface area contributed by atoms with Crippen LogP contribution in [0.25, 0.3) is 0 Å². The summed E-state index contributed by atoms with van der Waals surface area (Å²) < 4.78 is 0.743. The molecule has 0 bridgehead atoms. The van der Waals surface area contributed by atoms with Gasteiger partial charge in [-0.3, -0.25) is 14.5 Å². The van der Waals surface area contributed by atoms with Gasteiger partial charge in [0, 0.05) is 25.2 Å². The van der Waals surface area contributed by atoms with Gasteiger partial charge in [-0.15, -0.1) is 0 Å². The number of hydrogen-bond donors (Lipinski definition) is 0. The number of hydrogen-bond acceptors (Lipinski definition) is 4. The third-order valence-electron chi connectivity index (χ3n) is 4.17. The molecule has 2 rings (SSSR count). The van der Waals surface area contributed by atoms with Gasteiger partial charge in [0.25, 0.3) is 5.91 Å². The Hall–Kier alpha value is -1.40. The Labute approximate surface area is 153 Å². The second-order valence-corrected chi connectivity index (χ2v) is 7.54. The summed E-state index contributed by atoms with van der Waals surface area (Å²) >= 11 is 6.91. The summed E-state index contributed by atoms with van der Waals surface area (Å²) in [5, 5.41) is -0.270. The molecule has 1 aromatic rings. The first kappa shape index (κ1) is 18.9. The van der Waals surface area contributed by atoms with Crippen LogP contribution in [-0.4, -0.2) is 50.8 Å². The molecule has 1 heterocycles. The predicted molar refractivity (Wildman–Crippen MR) is 103 cm³/mol. The first-order chi connectivity index (χ1) is 11.6. The molecule has 1 aliphatic heterocycles. The third-order valence-corrected chi connectivity index (χ3v) is 5.90. The molecular formula is C18H24N2O2S2. The summed E-state index contributed by atoms with van der Waals surface area (Å²) in [5.74, 6) is -0.317. The van der Waals surface area contributed by atoms with E-state index in [9.17, 15) is 9.59 Å². The summed E-state index contributed by atoms with van der Waals surface area (Å²) in [6.07, 6.45) is 2.55. The van der Waals surface area contributed by atoms with Crippen molar-refractivity contribution in [3.05, 3.63) is 35.9 Å². The Morgan fingerprint density at radius 1 is 1.25 bits per heavy atom. The Kier molecular flexibility index (Phi) is 7.24. The highest BCUT2D eigenvalue weighted by Crippen LogP contribution is 2.27. The Morgan fingerprint density at radius 2 is 1.92 bits per heavy atom. The number of carbonyl (C=O) groups is 2. The normalized spacial score (nSPS) is 18.2. The summed E-state index contributed by atoms with van der Waals surface area (Å²) in [6, 6.07) is 9.00. The number of likely N-dealkylation sites (tertiary alicyclic amines) is 1. The molecule has 1 saturated heterocycles. The van der Waals surface area contributed by atoms with Crippen molar-refractivity contribution in [1.29, 1.82) is 0 Å². The molecule has 0 saturated carbocycles. The number of amides is 2. The quantitative estimate of drug-likeness (QED) is 0.603. The molecule has 0 spiro atoms. The van der Waals surface area contributed by atoms with Gasteiger partial charge in [0.15, 0.2) is 0 Å². The zero-order valence-corrected chi connectivity index (χ0v) is 15.9. The molecule has 2 amide bonds. The number of nitrogens with zero attached hydrogens (tertiary/aromatic N) is 2. The topological polar surface area (TPSA) is 40.6 Å². The second-order valence-electron chi connectivity index (χ2n) is 5.70. The minimum atomic E-state index is -0.270. The minimum Gasteiger partial charge on any atom is -0.358 e. The van der Waals surface area contributed by atoms with E-state index in [2.05, 4.69) is 18.7 Å². The van der Waals surface area contributed by atoms with Crippen LogP contribution < -0.4 is 0 Å². The van der Waals surface area contributed by atoms with Crippen molar-refractivity contribution < 1.29 is 9.59 Å². The molecule has 0 radical (unpaired) electrons. The third kappa shape index (κ3) is 4.57. The average Bonchev–Trinajstić information content (AvgIpc) is 2.78. The van der Waals surface area contributed by atoms with Crippen LogP contribution in [0.15, 0.2) is 30.3 Å². The van der Waals surface area contributed by atoms with Gasteiger partial charge < -0.3 is 4.90 Å². The molecule has 1 unspecified atom stereocenters. The molecule has 1 fully saturated rings. The molecule has 130 valence electrons. The van der Waals surface area contributed by atoms with Crippen LogP contribution >= 0.6 is 24.0 Å². The summed E-state index contributed by atoms with van der Waals surface area (Å²) in [7, 11) is 0. The zero-order valence-electron chi connectivity index (χ0n) is 14.2. The fourth-order valence-corrected chi connectivity index (χ4v) is 4.50. The van der Waals surface area contributed by atoms with Gasteiger partial charge in [0.2, 0.25) is 5.91 Å². The molecular weight excluding hydrogens is 340 g/mol. The molecule has 1 aromatic carbocycles. The summed E-state index contributed by atoms with van der Waals surface area (Å²) in [5.41, 5.74) is 0.558. The number of imide groups is 1. The van der Waals surface area contributed by atoms with Crippen LogP contribution in [0.5, 0.6) is 0 Å². The standard InChI is InChI=1S/C18H24N2O2S2/c1-3-19(4-2)18(23)24-15-12-8-9-13-20(17(15)22)16(21)14-10-6-5-7-11-14/h5-7,10-11,15H,3-4,8-9,12-13H2,1-2H3. The maximum absolute atomic E-state index is 12.9. The highest BCUT2D eigenvalue weighted by molar-refractivity contribution is 8.23. The van der Waals surface area contributed by atoms with Crippen LogP contribution in [0, 0.1) is 0 Å². The van der Waals surface area contributed by atoms with Crippen molar-refractivity contribution in [3.8, 4) is 0 Å². The highest BCUT2D eigenvalue weighted by Gasteiger charge is 2.33. The van der Waals surface area contributed by atoms with E-state index in [4.69, 9.17) is 12.2 Å². The molecule has 1 aliphatic rings. The number of thiocarbonyl (C=S) groups is 1. The lowest BCUT2D eigenvalue weighted by Crippen LogP contribution is -2.42. The van der Waals surface area contributed by atoms with Crippen molar-refractivity contribution in [2.75, 3.05) is 19.6 Å². The molecule has 6 heteroatoms. The maximum atomic E-state index is 12.9. The van der Waals surface area contributed by atoms with Crippen molar-refractivity contribution in [1.82, 2.24) is 9.80 Å². The first-order valence-corrected chi connectivity index (χ1v) is 9.73. The Bertz CT molecular complexity index is 588. The van der Waals surface area contributed by atoms with E-state index in [-0.39, 0.29) is 17.1 Å². The van der Waals surface area contributed by atoms with Gasteiger partial charge in [-0.25, -0.2) is 0 Å². The van der Waals surface area contributed by atoms with E-state index >= 15 is 0 Å². The fraction of sp³-hybridized carbons (Fsp3) is 0.500. The van der Waals surface area contributed by atoms with Gasteiger partial charge in [0.1, 0.15) is 4.32 Å². The average molecular weight is 365 g/mol. The number of thioether (sulfide) groups is 1. The molecule has 0 aromatic heterocycles. The van der Waals surface area contributed by atoms with Crippen LogP contribution in [-0.2, 0) is 4.79 Å². The molecule has 1 atom stereocenters. The fourth-order valence-electron chi connectivity index (χ4n) is 2.73. The molecule has 24 heavy (non-hydrogen) atoms. The van der Waals surface area contributed by atoms with Crippen molar-refractivity contribution in [2.24, 2.45) is 0 Å². The van der Waals surface area contributed by atoms with Crippen LogP contribution in [0.3, 0.4) is 0 Å². The smallest absolute Gasteiger partial charge is 0.260 e. The summed E-state index contributed by atoms with van der Waals surface area (Å²) in [4.78, 5) is 29.1. The summed E-state index contributed by atoms with van der Waals surface area (Å²) in [6.45, 7) is 6.25. The van der Waals surface area contributed by atoms with E-state index in [0.717, 1.165) is 36.7 Å². The van der Waals surface area contributed by atoms with Crippen molar-refractivity contribution >= 4 is 40.1 Å². The van der Waals surface area contributed by atoms with Crippen LogP contribution in [0.1, 0.15) is 43.5 Å². The van der Waals surface area contributed by atoms with E-state index < -0.39 is 0 Å². The minimum absolute atomic E-state index is 0.110. The Balaban J connectivity index is 2.12. The molecule has 0 N–H and O–H groups in total. The van der Waals surface area contributed by atoms with Gasteiger partial charge in [-0.05, 0) is 38.8 Å². The molecule has 4 nitrogen and oxygen atoms in total. The van der Waals surface area contributed by atoms with E-state index in [1.165, 1.54) is 16.7 Å². The largest absolute Gasteiger partial charge is 0.358 e. The Morgan fingerprint density at radius 3 is 2.54 bits per heavy atom. The number of rotatable bonds is 4. The van der Waals surface area contributed by atoms with E-state index in [1.54, 1.807) is 12.1 Å². The van der Waals surface area contributed by atoms with Gasteiger partial charge in [-0.2, -0.15) is 0 Å². The maximum Gasteiger partial charge on any atom is 0.260 e. The van der Waals surface area contributed by atoms with Gasteiger partial charge in [-0.1, -0.05) is 48.6 Å². The SMILES string of the molecule is CCN(CC)C(=S)SC1CCCCN(C(=O)c2ccccc2)C1=O. The van der Waals surface area contributed by atoms with Crippen molar-refractivity contribution in [2.45, 2.75) is 38.4 Å². The van der Waals surface area contributed by atoms with Crippen LogP contribution in [0.2, 0.25) is 0 Å². The zero-order chi connectivity index (χ0) is 17.5. The number of benzene rings is 1. The first-order valence-electron chi connectivity index (χ1n) is 8.44. The van der Waals surface area contributed by atoms with Crippen molar-refractivity contribution in [3.63, 3.8) is 0 Å². The predicted octanol–water partition coefficient (Wildman–Crippen LogP) is 3.57. The van der Waals surface area contributed by atoms with E-state index in [1.807, 2.05) is 18.2 Å². The van der Waals surface area contributed by atoms with E-state index in [0.29, 0.717) is 12.1 Å². The lowest BCUT2D eigenvalue weighted by molar-refractivity contribution is -0.127. The lowest BCUT2D eigenvalue weighted by Gasteiger charge is -2.26. The number of carbonyl (C=O) groups excluding carboxylic acids is 2. The van der Waals surface area contributed by atoms with Gasteiger partial charge >= 0.3 is 0 Å². The highest BCUT2D eigenvalue weighted by atomic mass is 32.2. The second kappa shape index (κ2) is 9.18. The lowest BCUT2D eigenvalue weighted by atomic mass is 10.2. The van der Waals surface area contributed by atoms with Crippen LogP contribution in [0.4, 0.5) is 0 Å². The monoisotopic (exact) mass is 364 g/mol.